The number of aliphatic hydroxyl groups is 1. The zero-order chi connectivity index (χ0) is 16.3. The lowest BCUT2D eigenvalue weighted by Gasteiger charge is -2.20. The molecule has 1 atom stereocenters. The molecular formula is C15H20F3NO2. The smallest absolute Gasteiger partial charge is 0.387 e. The molecule has 2 N–H and O–H groups in total. The summed E-state index contributed by atoms with van der Waals surface area (Å²) in [5.41, 5.74) is -1.34. The number of halogens is 3. The molecule has 0 aliphatic rings. The molecule has 0 fully saturated rings. The van der Waals surface area contributed by atoms with Gasteiger partial charge in [0.05, 0.1) is 11.7 Å². The molecule has 0 saturated carbocycles. The number of nitrogens with one attached hydrogen (secondary N) is 1. The van der Waals surface area contributed by atoms with Crippen LogP contribution in [0.4, 0.5) is 13.2 Å². The van der Waals surface area contributed by atoms with Gasteiger partial charge in [-0.25, -0.2) is 0 Å². The van der Waals surface area contributed by atoms with Crippen LogP contribution in [0.5, 0.6) is 0 Å². The van der Waals surface area contributed by atoms with E-state index in [0.29, 0.717) is 0 Å². The molecular weight excluding hydrogens is 283 g/mol. The Labute approximate surface area is 122 Å². The van der Waals surface area contributed by atoms with E-state index in [2.05, 4.69) is 5.32 Å². The number of amides is 1. The van der Waals surface area contributed by atoms with Gasteiger partial charge in [0, 0.05) is 13.0 Å². The van der Waals surface area contributed by atoms with Crippen LogP contribution in [0.25, 0.3) is 0 Å². The van der Waals surface area contributed by atoms with Crippen LogP contribution in [0.15, 0.2) is 24.3 Å². The lowest BCUT2D eigenvalue weighted by Crippen LogP contribution is -2.31. The molecule has 21 heavy (non-hydrogen) atoms. The molecule has 1 aromatic carbocycles. The molecule has 1 aromatic rings. The summed E-state index contributed by atoms with van der Waals surface area (Å²) in [6.07, 6.45) is -5.69. The van der Waals surface area contributed by atoms with Gasteiger partial charge in [-0.15, -0.1) is 0 Å². The maximum Gasteiger partial charge on any atom is 0.416 e. The molecule has 0 aliphatic carbocycles. The van der Waals surface area contributed by atoms with Gasteiger partial charge in [-0.05, 0) is 17.0 Å². The highest BCUT2D eigenvalue weighted by atomic mass is 19.4. The predicted octanol–water partition coefficient (Wildman–Crippen LogP) is 3.29. The predicted molar refractivity (Wildman–Crippen MR) is 73.5 cm³/mol. The molecule has 6 heteroatoms. The highest BCUT2D eigenvalue weighted by molar-refractivity contribution is 5.76. The molecule has 0 radical (unpaired) electrons. The summed E-state index contributed by atoms with van der Waals surface area (Å²) in [6.45, 7) is 5.38. The summed E-state index contributed by atoms with van der Waals surface area (Å²) in [5.74, 6) is -0.300. The van der Waals surface area contributed by atoms with Crippen molar-refractivity contribution >= 4 is 5.91 Å². The Morgan fingerprint density at radius 3 is 2.33 bits per heavy atom. The van der Waals surface area contributed by atoms with Crippen molar-refractivity contribution in [2.24, 2.45) is 5.41 Å². The Morgan fingerprint density at radius 1 is 1.24 bits per heavy atom. The molecule has 1 unspecified atom stereocenters. The Kier molecular flexibility index (Phi) is 5.39. The van der Waals surface area contributed by atoms with Gasteiger partial charge in [0.2, 0.25) is 5.91 Å². The van der Waals surface area contributed by atoms with Crippen molar-refractivity contribution in [3.8, 4) is 0 Å². The minimum Gasteiger partial charge on any atom is -0.387 e. The van der Waals surface area contributed by atoms with Crippen LogP contribution in [0, 0.1) is 5.41 Å². The van der Waals surface area contributed by atoms with Crippen LogP contribution in [0.3, 0.4) is 0 Å². The summed E-state index contributed by atoms with van der Waals surface area (Å²) in [7, 11) is 0. The fourth-order valence-corrected chi connectivity index (χ4v) is 1.91. The maximum atomic E-state index is 12.8. The summed E-state index contributed by atoms with van der Waals surface area (Å²) >= 11 is 0. The van der Waals surface area contributed by atoms with Crippen molar-refractivity contribution in [2.45, 2.75) is 39.5 Å². The summed E-state index contributed by atoms with van der Waals surface area (Å²) in [5, 5.41) is 12.4. The number of hydrogen-bond acceptors (Lipinski definition) is 2. The van der Waals surface area contributed by atoms with Crippen molar-refractivity contribution in [2.75, 3.05) is 6.54 Å². The second-order valence-corrected chi connectivity index (χ2v) is 6.14. The average molecular weight is 303 g/mol. The molecule has 1 rings (SSSR count). The minimum absolute atomic E-state index is 0.223. The van der Waals surface area contributed by atoms with Crippen LogP contribution in [0.1, 0.15) is 44.4 Å². The van der Waals surface area contributed by atoms with E-state index in [1.165, 1.54) is 18.2 Å². The van der Waals surface area contributed by atoms with Crippen molar-refractivity contribution < 1.29 is 23.1 Å². The van der Waals surface area contributed by atoms with Gasteiger partial charge in [0.25, 0.3) is 0 Å². The molecule has 0 aliphatic heterocycles. The third kappa shape index (κ3) is 5.75. The van der Waals surface area contributed by atoms with Crippen LogP contribution >= 0.6 is 0 Å². The van der Waals surface area contributed by atoms with Crippen LogP contribution < -0.4 is 5.32 Å². The lowest BCUT2D eigenvalue weighted by molar-refractivity contribution is -0.139. The molecule has 118 valence electrons. The quantitative estimate of drug-likeness (QED) is 0.896. The first-order chi connectivity index (χ1) is 9.50. The van der Waals surface area contributed by atoms with Crippen molar-refractivity contribution in [3.63, 3.8) is 0 Å². The number of carbonyl (C=O) groups is 1. The molecule has 1 amide bonds. The average Bonchev–Trinajstić information content (AvgIpc) is 2.33. The fourth-order valence-electron chi connectivity index (χ4n) is 1.91. The fraction of sp³-hybridized carbons (Fsp3) is 0.533. The van der Waals surface area contributed by atoms with Crippen molar-refractivity contribution in [1.82, 2.24) is 5.32 Å². The maximum absolute atomic E-state index is 12.8. The monoisotopic (exact) mass is 303 g/mol. The molecule has 0 aromatic heterocycles. The van der Waals surface area contributed by atoms with E-state index in [4.69, 9.17) is 0 Å². The Bertz CT molecular complexity index is 492. The number of carbonyl (C=O) groups excluding carboxylic acids is 1. The highest BCUT2D eigenvalue weighted by Gasteiger charge is 2.34. The van der Waals surface area contributed by atoms with E-state index >= 15 is 0 Å². The number of hydrogen-bond donors (Lipinski definition) is 2. The van der Waals surface area contributed by atoms with Gasteiger partial charge in [-0.2, -0.15) is 13.2 Å². The first-order valence-corrected chi connectivity index (χ1v) is 6.61. The molecule has 0 saturated heterocycles. The normalized spacial score (nSPS) is 13.9. The number of alkyl halides is 3. The molecule has 0 heterocycles. The minimum atomic E-state index is -4.53. The van der Waals surface area contributed by atoms with Gasteiger partial charge in [0.15, 0.2) is 0 Å². The topological polar surface area (TPSA) is 49.3 Å². The number of benzene rings is 1. The summed E-state index contributed by atoms with van der Waals surface area (Å²) in [6, 6.07) is 4.81. The lowest BCUT2D eigenvalue weighted by atomic mass is 9.92. The first kappa shape index (κ1) is 17.5. The van der Waals surface area contributed by atoms with E-state index < -0.39 is 17.8 Å². The van der Waals surface area contributed by atoms with Gasteiger partial charge in [-0.1, -0.05) is 39.0 Å². The number of aliphatic hydroxyl groups excluding tert-OH is 1. The molecule has 0 spiro atoms. The van der Waals surface area contributed by atoms with E-state index in [0.717, 1.165) is 6.07 Å². The highest BCUT2D eigenvalue weighted by Crippen LogP contribution is 2.34. The zero-order valence-electron chi connectivity index (χ0n) is 12.3. The van der Waals surface area contributed by atoms with Crippen molar-refractivity contribution in [3.05, 3.63) is 35.4 Å². The van der Waals surface area contributed by atoms with Gasteiger partial charge in [-0.3, -0.25) is 4.79 Å². The Morgan fingerprint density at radius 2 is 1.81 bits per heavy atom. The first-order valence-electron chi connectivity index (χ1n) is 6.61. The van der Waals surface area contributed by atoms with E-state index in [1.807, 2.05) is 20.8 Å². The van der Waals surface area contributed by atoms with Crippen LogP contribution in [-0.2, 0) is 11.0 Å². The Hall–Kier alpha value is -1.56. The van der Waals surface area contributed by atoms with E-state index in [-0.39, 0.29) is 29.9 Å². The zero-order valence-corrected chi connectivity index (χ0v) is 12.3. The second kappa shape index (κ2) is 6.47. The molecule has 3 nitrogen and oxygen atoms in total. The van der Waals surface area contributed by atoms with Gasteiger partial charge < -0.3 is 10.4 Å². The Balaban J connectivity index is 2.73. The van der Waals surface area contributed by atoms with E-state index in [9.17, 15) is 23.1 Å². The SMILES string of the molecule is CC(C)(C)CC(=O)NCC(O)c1ccccc1C(F)(F)F. The van der Waals surface area contributed by atoms with E-state index in [1.54, 1.807) is 0 Å². The third-order valence-electron chi connectivity index (χ3n) is 2.81. The largest absolute Gasteiger partial charge is 0.416 e. The third-order valence-corrected chi connectivity index (χ3v) is 2.81. The van der Waals surface area contributed by atoms with Gasteiger partial charge in [0.1, 0.15) is 0 Å². The van der Waals surface area contributed by atoms with Gasteiger partial charge >= 0.3 is 6.18 Å². The van der Waals surface area contributed by atoms with Crippen molar-refractivity contribution in [1.29, 1.82) is 0 Å². The standard InChI is InChI=1S/C15H20F3NO2/c1-14(2,3)8-13(21)19-9-12(20)10-6-4-5-7-11(10)15(16,17)18/h4-7,12,20H,8-9H2,1-3H3,(H,19,21). The van der Waals surface area contributed by atoms with Crippen LogP contribution in [0.2, 0.25) is 0 Å². The second-order valence-electron chi connectivity index (χ2n) is 6.14. The summed E-state index contributed by atoms with van der Waals surface area (Å²) < 4.78 is 38.5. The number of rotatable bonds is 4. The molecule has 0 bridgehead atoms. The summed E-state index contributed by atoms with van der Waals surface area (Å²) in [4.78, 5) is 11.6. The van der Waals surface area contributed by atoms with Crippen LogP contribution in [-0.4, -0.2) is 17.6 Å².